The average Bonchev–Trinajstić information content (AvgIpc) is 3.11. The molecule has 0 N–H and O–H groups in total. The van der Waals surface area contributed by atoms with Gasteiger partial charge in [-0.1, -0.05) is 30.3 Å². The predicted molar refractivity (Wildman–Crippen MR) is 104 cm³/mol. The van der Waals surface area contributed by atoms with Gasteiger partial charge in [-0.25, -0.2) is 9.97 Å². The van der Waals surface area contributed by atoms with Gasteiger partial charge in [-0.3, -0.25) is 4.79 Å². The van der Waals surface area contributed by atoms with Gasteiger partial charge in [0.15, 0.2) is 5.65 Å². The third-order valence-corrected chi connectivity index (χ3v) is 5.12. The molecule has 0 radical (unpaired) electrons. The second-order valence-corrected chi connectivity index (χ2v) is 7.17. The first-order valence-electron chi connectivity index (χ1n) is 9.39. The number of nitrogens with zero attached hydrogens (tertiary/aromatic N) is 4. The van der Waals surface area contributed by atoms with E-state index in [1.54, 1.807) is 17.4 Å². The molecule has 27 heavy (non-hydrogen) atoms. The number of aromatic nitrogens is 3. The topological polar surface area (TPSA) is 60.2 Å². The zero-order valence-electron chi connectivity index (χ0n) is 15.5. The minimum atomic E-state index is -0.00602. The molecule has 6 heteroatoms. The summed E-state index contributed by atoms with van der Waals surface area (Å²) in [5, 5.41) is 0. The van der Waals surface area contributed by atoms with Gasteiger partial charge in [0.25, 0.3) is 5.91 Å². The SMILES string of the molecule is CN(CC1CCOCC1)C(=O)c1cnc2c(c1)ncn2Cc1ccccc1. The highest BCUT2D eigenvalue weighted by molar-refractivity contribution is 5.96. The number of pyridine rings is 1. The number of hydrogen-bond acceptors (Lipinski definition) is 4. The number of fused-ring (bicyclic) bond motifs is 1. The van der Waals surface area contributed by atoms with Gasteiger partial charge in [0.1, 0.15) is 5.52 Å². The van der Waals surface area contributed by atoms with E-state index in [1.807, 2.05) is 35.9 Å². The van der Waals surface area contributed by atoms with Crippen LogP contribution in [0.1, 0.15) is 28.8 Å². The summed E-state index contributed by atoms with van der Waals surface area (Å²) >= 11 is 0. The van der Waals surface area contributed by atoms with Crippen molar-refractivity contribution in [1.82, 2.24) is 19.4 Å². The maximum absolute atomic E-state index is 12.8. The van der Waals surface area contributed by atoms with Gasteiger partial charge in [0.05, 0.1) is 18.4 Å². The molecule has 0 spiro atoms. The minimum absolute atomic E-state index is 0.00602. The number of hydrogen-bond donors (Lipinski definition) is 0. The molecule has 1 saturated heterocycles. The average molecular weight is 364 g/mol. The van der Waals surface area contributed by atoms with Gasteiger partial charge in [0, 0.05) is 33.0 Å². The van der Waals surface area contributed by atoms with Crippen LogP contribution in [0.5, 0.6) is 0 Å². The lowest BCUT2D eigenvalue weighted by Crippen LogP contribution is -2.34. The lowest BCUT2D eigenvalue weighted by molar-refractivity contribution is 0.0497. The van der Waals surface area contributed by atoms with E-state index in [0.717, 1.165) is 43.8 Å². The van der Waals surface area contributed by atoms with Crippen molar-refractivity contribution >= 4 is 17.1 Å². The van der Waals surface area contributed by atoms with Crippen molar-refractivity contribution in [2.24, 2.45) is 5.92 Å². The molecule has 1 fully saturated rings. The third-order valence-electron chi connectivity index (χ3n) is 5.12. The summed E-state index contributed by atoms with van der Waals surface area (Å²) in [6, 6.07) is 12.0. The van der Waals surface area contributed by atoms with Crippen LogP contribution in [0.25, 0.3) is 11.2 Å². The van der Waals surface area contributed by atoms with Gasteiger partial charge in [-0.15, -0.1) is 0 Å². The van der Waals surface area contributed by atoms with Crippen LogP contribution in [0.2, 0.25) is 0 Å². The van der Waals surface area contributed by atoms with Crippen LogP contribution in [-0.2, 0) is 11.3 Å². The summed E-state index contributed by atoms with van der Waals surface area (Å²) in [6.07, 6.45) is 5.47. The molecule has 1 aromatic carbocycles. The number of carbonyl (C=O) groups excluding carboxylic acids is 1. The Bertz CT molecular complexity index is 916. The molecule has 1 aliphatic rings. The van der Waals surface area contributed by atoms with Crippen LogP contribution in [0.3, 0.4) is 0 Å². The van der Waals surface area contributed by atoms with Crippen molar-refractivity contribution < 1.29 is 9.53 Å². The molecule has 3 aromatic rings. The summed E-state index contributed by atoms with van der Waals surface area (Å²) in [5.74, 6) is 0.503. The van der Waals surface area contributed by atoms with Crippen molar-refractivity contribution in [3.63, 3.8) is 0 Å². The van der Waals surface area contributed by atoms with E-state index in [4.69, 9.17) is 4.74 Å². The molecule has 0 aliphatic carbocycles. The Kier molecular flexibility index (Phi) is 5.16. The Morgan fingerprint density at radius 3 is 2.78 bits per heavy atom. The molecule has 2 aromatic heterocycles. The standard InChI is InChI=1S/C21H24N4O2/c1-24(13-17-7-9-27-10-8-17)21(26)18-11-19-20(22-12-18)25(15-23-19)14-16-5-3-2-4-6-16/h2-6,11-12,15,17H,7-10,13-14H2,1H3. The fourth-order valence-electron chi connectivity index (χ4n) is 3.58. The largest absolute Gasteiger partial charge is 0.381 e. The Morgan fingerprint density at radius 2 is 2.00 bits per heavy atom. The van der Waals surface area contributed by atoms with E-state index in [9.17, 15) is 4.79 Å². The number of ether oxygens (including phenoxy) is 1. The highest BCUT2D eigenvalue weighted by Crippen LogP contribution is 2.18. The molecule has 0 bridgehead atoms. The third kappa shape index (κ3) is 4.01. The lowest BCUT2D eigenvalue weighted by Gasteiger charge is -2.27. The van der Waals surface area contributed by atoms with Crippen molar-refractivity contribution in [1.29, 1.82) is 0 Å². The Labute approximate surface area is 158 Å². The number of rotatable bonds is 5. The van der Waals surface area contributed by atoms with E-state index >= 15 is 0 Å². The van der Waals surface area contributed by atoms with Crippen LogP contribution in [-0.4, -0.2) is 52.1 Å². The second-order valence-electron chi connectivity index (χ2n) is 7.17. The molecule has 140 valence electrons. The van der Waals surface area contributed by atoms with Crippen molar-refractivity contribution in [2.45, 2.75) is 19.4 Å². The van der Waals surface area contributed by atoms with Crippen LogP contribution in [0.15, 0.2) is 48.9 Å². The molecule has 3 heterocycles. The highest BCUT2D eigenvalue weighted by Gasteiger charge is 2.20. The van der Waals surface area contributed by atoms with Crippen molar-refractivity contribution in [3.05, 3.63) is 60.0 Å². The number of benzene rings is 1. The van der Waals surface area contributed by atoms with E-state index in [-0.39, 0.29) is 5.91 Å². The van der Waals surface area contributed by atoms with E-state index in [1.165, 1.54) is 5.56 Å². The summed E-state index contributed by atoms with van der Waals surface area (Å²) < 4.78 is 7.40. The first-order valence-corrected chi connectivity index (χ1v) is 9.39. The Morgan fingerprint density at radius 1 is 1.22 bits per heavy atom. The molecule has 6 nitrogen and oxygen atoms in total. The van der Waals surface area contributed by atoms with E-state index in [2.05, 4.69) is 22.1 Å². The highest BCUT2D eigenvalue weighted by atomic mass is 16.5. The zero-order chi connectivity index (χ0) is 18.6. The quantitative estimate of drug-likeness (QED) is 0.698. The molecular weight excluding hydrogens is 340 g/mol. The number of amides is 1. The van der Waals surface area contributed by atoms with E-state index < -0.39 is 0 Å². The maximum Gasteiger partial charge on any atom is 0.255 e. The normalized spacial score (nSPS) is 15.1. The van der Waals surface area contributed by atoms with Gasteiger partial charge >= 0.3 is 0 Å². The minimum Gasteiger partial charge on any atom is -0.381 e. The Balaban J connectivity index is 1.49. The molecule has 4 rings (SSSR count). The van der Waals surface area contributed by atoms with Gasteiger partial charge in [0.2, 0.25) is 0 Å². The number of imidazole rings is 1. The molecule has 1 aliphatic heterocycles. The summed E-state index contributed by atoms with van der Waals surface area (Å²) in [6.45, 7) is 3.04. The monoisotopic (exact) mass is 364 g/mol. The van der Waals surface area contributed by atoms with Crippen LogP contribution < -0.4 is 0 Å². The smallest absolute Gasteiger partial charge is 0.255 e. The molecule has 0 unspecified atom stereocenters. The number of carbonyl (C=O) groups is 1. The molecule has 0 saturated carbocycles. The Hall–Kier alpha value is -2.73. The second kappa shape index (κ2) is 7.88. The van der Waals surface area contributed by atoms with Gasteiger partial charge in [-0.2, -0.15) is 0 Å². The van der Waals surface area contributed by atoms with Crippen molar-refractivity contribution in [2.75, 3.05) is 26.8 Å². The lowest BCUT2D eigenvalue weighted by atomic mass is 9.99. The van der Waals surface area contributed by atoms with Crippen molar-refractivity contribution in [3.8, 4) is 0 Å². The maximum atomic E-state index is 12.8. The molecule has 0 atom stereocenters. The summed E-state index contributed by atoms with van der Waals surface area (Å²) in [5.41, 5.74) is 3.32. The summed E-state index contributed by atoms with van der Waals surface area (Å²) in [4.78, 5) is 23.5. The summed E-state index contributed by atoms with van der Waals surface area (Å²) in [7, 11) is 1.86. The van der Waals surface area contributed by atoms with Crippen LogP contribution in [0.4, 0.5) is 0 Å². The predicted octanol–water partition coefficient (Wildman–Crippen LogP) is 2.98. The van der Waals surface area contributed by atoms with Crippen LogP contribution >= 0.6 is 0 Å². The molecular formula is C21H24N4O2. The fraction of sp³-hybridized carbons (Fsp3) is 0.381. The fourth-order valence-corrected chi connectivity index (χ4v) is 3.58. The van der Waals surface area contributed by atoms with Gasteiger partial charge < -0.3 is 14.2 Å². The van der Waals surface area contributed by atoms with Gasteiger partial charge in [-0.05, 0) is 30.4 Å². The first kappa shape index (κ1) is 17.7. The first-order chi connectivity index (χ1) is 13.2. The zero-order valence-corrected chi connectivity index (χ0v) is 15.5. The van der Waals surface area contributed by atoms with Crippen LogP contribution in [0, 0.1) is 5.92 Å². The molecule has 1 amide bonds. The van der Waals surface area contributed by atoms with E-state index in [0.29, 0.717) is 18.0 Å².